The Bertz CT molecular complexity index is 748. The summed E-state index contributed by atoms with van der Waals surface area (Å²) < 4.78 is 2.02. The highest BCUT2D eigenvalue weighted by Gasteiger charge is 2.40. The van der Waals surface area contributed by atoms with Crippen LogP contribution in [-0.2, 0) is 19.5 Å². The van der Waals surface area contributed by atoms with Crippen molar-refractivity contribution < 1.29 is 0 Å². The number of hydrogen-bond acceptors (Lipinski definition) is 4. The number of aryl methyl sites for hydroxylation is 1. The molecule has 1 fully saturated rings. The minimum absolute atomic E-state index is 0.464. The van der Waals surface area contributed by atoms with Crippen molar-refractivity contribution in [3.63, 3.8) is 0 Å². The largest absolute Gasteiger partial charge is 0.288 e. The molecule has 2 atom stereocenters. The van der Waals surface area contributed by atoms with Crippen LogP contribution in [0.3, 0.4) is 0 Å². The summed E-state index contributed by atoms with van der Waals surface area (Å²) in [5.41, 5.74) is 5.16. The van der Waals surface area contributed by atoms with E-state index in [0.717, 1.165) is 25.3 Å². The lowest BCUT2D eigenvalue weighted by atomic mass is 9.98. The Hall–Kier alpha value is -2.01. The molecule has 0 N–H and O–H groups in total. The summed E-state index contributed by atoms with van der Waals surface area (Å²) in [4.78, 5) is 11.7. The first kappa shape index (κ1) is 14.6. The number of rotatable bonds is 4. The average molecular weight is 309 g/mol. The van der Waals surface area contributed by atoms with Gasteiger partial charge in [0, 0.05) is 48.1 Å². The maximum absolute atomic E-state index is 4.68. The van der Waals surface area contributed by atoms with Crippen LogP contribution in [0.25, 0.3) is 0 Å². The standard InChI is InChI=1S/C18H23N5/c1-4-7-23-12(2)14(9-20-23)11-22-15-5-6-18(22)16-10-19-13(3)21-17(16)8-15/h4,9-10,15,18H,1,5-8,11H2,2-3H3/t15-,18-/m0/s1. The maximum Gasteiger partial charge on any atom is 0.125 e. The van der Waals surface area contributed by atoms with Gasteiger partial charge in [0.2, 0.25) is 0 Å². The van der Waals surface area contributed by atoms with Gasteiger partial charge in [-0.05, 0) is 26.7 Å². The molecule has 0 saturated carbocycles. The van der Waals surface area contributed by atoms with Crippen molar-refractivity contribution in [2.75, 3.05) is 0 Å². The fourth-order valence-corrected chi connectivity index (χ4v) is 4.06. The summed E-state index contributed by atoms with van der Waals surface area (Å²) in [6.45, 7) is 9.67. The maximum atomic E-state index is 4.68. The van der Waals surface area contributed by atoms with E-state index in [0.29, 0.717) is 12.1 Å². The lowest BCUT2D eigenvalue weighted by molar-refractivity contribution is 0.165. The highest BCUT2D eigenvalue weighted by molar-refractivity contribution is 5.29. The van der Waals surface area contributed by atoms with Crippen LogP contribution in [0, 0.1) is 13.8 Å². The van der Waals surface area contributed by atoms with Crippen LogP contribution in [0.1, 0.15) is 47.2 Å². The Labute approximate surface area is 137 Å². The summed E-state index contributed by atoms with van der Waals surface area (Å²) in [5, 5.41) is 4.49. The first-order chi connectivity index (χ1) is 11.2. The molecule has 2 aliphatic heterocycles. The second kappa shape index (κ2) is 5.57. The third-order valence-corrected chi connectivity index (χ3v) is 5.31. The monoisotopic (exact) mass is 309 g/mol. The molecule has 0 aromatic carbocycles. The van der Waals surface area contributed by atoms with Gasteiger partial charge in [0.25, 0.3) is 0 Å². The third-order valence-electron chi connectivity index (χ3n) is 5.31. The quantitative estimate of drug-likeness (QED) is 0.815. The summed E-state index contributed by atoms with van der Waals surface area (Å²) in [5.74, 6) is 0.887. The molecule has 2 aromatic heterocycles. The van der Waals surface area contributed by atoms with Crippen molar-refractivity contribution in [1.82, 2.24) is 24.6 Å². The molecule has 2 aromatic rings. The summed E-state index contributed by atoms with van der Waals surface area (Å²) in [6.07, 6.45) is 9.47. The minimum Gasteiger partial charge on any atom is -0.288 e. The summed E-state index contributed by atoms with van der Waals surface area (Å²) in [7, 11) is 0. The first-order valence-corrected chi connectivity index (χ1v) is 8.37. The van der Waals surface area contributed by atoms with Gasteiger partial charge in [-0.25, -0.2) is 9.97 Å². The zero-order chi connectivity index (χ0) is 16.0. The Kier molecular flexibility index (Phi) is 3.53. The van der Waals surface area contributed by atoms with E-state index in [9.17, 15) is 0 Å². The molecule has 4 rings (SSSR count). The molecule has 2 bridgehead atoms. The van der Waals surface area contributed by atoms with E-state index < -0.39 is 0 Å². The molecule has 2 aliphatic rings. The fraction of sp³-hybridized carbons (Fsp3) is 0.500. The normalized spacial score (nSPS) is 23.0. The highest BCUT2D eigenvalue weighted by Crippen LogP contribution is 2.43. The Morgan fingerprint density at radius 3 is 3.00 bits per heavy atom. The van der Waals surface area contributed by atoms with E-state index >= 15 is 0 Å². The smallest absolute Gasteiger partial charge is 0.125 e. The van der Waals surface area contributed by atoms with Gasteiger partial charge in [-0.1, -0.05) is 6.08 Å². The van der Waals surface area contributed by atoms with Crippen LogP contribution in [0.5, 0.6) is 0 Å². The molecule has 120 valence electrons. The molecule has 5 heteroatoms. The summed E-state index contributed by atoms with van der Waals surface area (Å²) >= 11 is 0. The van der Waals surface area contributed by atoms with Gasteiger partial charge in [-0.15, -0.1) is 6.58 Å². The molecule has 0 aliphatic carbocycles. The molecular weight excluding hydrogens is 286 g/mol. The second-order valence-corrected chi connectivity index (χ2v) is 6.67. The molecule has 5 nitrogen and oxygen atoms in total. The molecule has 23 heavy (non-hydrogen) atoms. The van der Waals surface area contributed by atoms with Gasteiger partial charge in [-0.2, -0.15) is 5.10 Å². The van der Waals surface area contributed by atoms with E-state index in [1.807, 2.05) is 30.1 Å². The molecule has 0 amide bonds. The molecule has 4 heterocycles. The lowest BCUT2D eigenvalue weighted by Gasteiger charge is -2.35. The Morgan fingerprint density at radius 1 is 1.30 bits per heavy atom. The van der Waals surface area contributed by atoms with Crippen LogP contribution in [0.4, 0.5) is 0 Å². The highest BCUT2D eigenvalue weighted by atomic mass is 15.3. The van der Waals surface area contributed by atoms with Gasteiger partial charge >= 0.3 is 0 Å². The molecule has 0 spiro atoms. The molecular formula is C18H23N5. The van der Waals surface area contributed by atoms with Crippen molar-refractivity contribution >= 4 is 0 Å². The molecule has 0 radical (unpaired) electrons. The second-order valence-electron chi connectivity index (χ2n) is 6.67. The van der Waals surface area contributed by atoms with E-state index in [4.69, 9.17) is 0 Å². The van der Waals surface area contributed by atoms with Crippen LogP contribution >= 0.6 is 0 Å². The van der Waals surface area contributed by atoms with E-state index in [1.165, 1.54) is 35.4 Å². The predicted octanol–water partition coefficient (Wildman–Crippen LogP) is 2.74. The number of hydrogen-bond donors (Lipinski definition) is 0. The zero-order valence-electron chi connectivity index (χ0n) is 13.9. The minimum atomic E-state index is 0.464. The van der Waals surface area contributed by atoms with Gasteiger partial charge < -0.3 is 0 Å². The van der Waals surface area contributed by atoms with Crippen LogP contribution in [-0.4, -0.2) is 30.7 Å². The number of aromatic nitrogens is 4. The van der Waals surface area contributed by atoms with Gasteiger partial charge in [-0.3, -0.25) is 9.58 Å². The SMILES string of the molecule is C=CCn1ncc(CN2[C@H]3CC[C@H]2c2cnc(C)nc2C3)c1C. The van der Waals surface area contributed by atoms with Crippen LogP contribution in [0.2, 0.25) is 0 Å². The van der Waals surface area contributed by atoms with E-state index in [-0.39, 0.29) is 0 Å². The number of allylic oxidation sites excluding steroid dienone is 1. The van der Waals surface area contributed by atoms with E-state index in [2.05, 4.69) is 33.5 Å². The van der Waals surface area contributed by atoms with Gasteiger partial charge in [0.05, 0.1) is 18.4 Å². The number of fused-ring (bicyclic) bond motifs is 4. The Morgan fingerprint density at radius 2 is 2.17 bits per heavy atom. The topological polar surface area (TPSA) is 46.8 Å². The lowest BCUT2D eigenvalue weighted by Crippen LogP contribution is -2.37. The first-order valence-electron chi connectivity index (χ1n) is 8.37. The van der Waals surface area contributed by atoms with Crippen molar-refractivity contribution in [1.29, 1.82) is 0 Å². The van der Waals surface area contributed by atoms with Crippen molar-refractivity contribution in [2.45, 2.75) is 58.3 Å². The third kappa shape index (κ3) is 2.39. The fourth-order valence-electron chi connectivity index (χ4n) is 4.06. The summed E-state index contributed by atoms with van der Waals surface area (Å²) in [6, 6.07) is 1.07. The average Bonchev–Trinajstić information content (AvgIpc) is 3.01. The van der Waals surface area contributed by atoms with Gasteiger partial charge in [0.1, 0.15) is 5.82 Å². The van der Waals surface area contributed by atoms with E-state index in [1.54, 1.807) is 0 Å². The zero-order valence-corrected chi connectivity index (χ0v) is 13.9. The molecule has 0 unspecified atom stereocenters. The predicted molar refractivity (Wildman–Crippen MR) is 88.9 cm³/mol. The van der Waals surface area contributed by atoms with Gasteiger partial charge in [0.15, 0.2) is 0 Å². The van der Waals surface area contributed by atoms with Crippen molar-refractivity contribution in [2.24, 2.45) is 0 Å². The Balaban J connectivity index is 1.61. The van der Waals surface area contributed by atoms with Crippen molar-refractivity contribution in [3.05, 3.63) is 53.4 Å². The number of nitrogens with zero attached hydrogens (tertiary/aromatic N) is 5. The van der Waals surface area contributed by atoms with Crippen LogP contribution < -0.4 is 0 Å². The molecule has 1 saturated heterocycles. The van der Waals surface area contributed by atoms with Crippen LogP contribution in [0.15, 0.2) is 25.0 Å². The van der Waals surface area contributed by atoms with Crippen molar-refractivity contribution in [3.8, 4) is 0 Å².